The average molecular weight is 755 g/mol. The van der Waals surface area contributed by atoms with Gasteiger partial charge in [0.05, 0.1) is 0 Å². The molecule has 5 aromatic rings. The Kier molecular flexibility index (Phi) is 15.6. The van der Waals surface area contributed by atoms with Gasteiger partial charge in [-0.1, -0.05) is 76.9 Å². The normalized spacial score (nSPS) is 12.3. The first-order valence-corrected chi connectivity index (χ1v) is 18.0. The van der Waals surface area contributed by atoms with Crippen LogP contribution in [0.3, 0.4) is 0 Å². The summed E-state index contributed by atoms with van der Waals surface area (Å²) in [6.07, 6.45) is 10.0. The van der Waals surface area contributed by atoms with Gasteiger partial charge in [0.25, 0.3) is 0 Å². The van der Waals surface area contributed by atoms with Gasteiger partial charge in [0.2, 0.25) is 0 Å². The van der Waals surface area contributed by atoms with Gasteiger partial charge < -0.3 is 24.8 Å². The zero-order chi connectivity index (χ0) is 33.6. The van der Waals surface area contributed by atoms with Crippen LogP contribution >= 0.6 is 0 Å². The predicted molar refractivity (Wildman–Crippen MR) is 200 cm³/mol. The second kappa shape index (κ2) is 18.0. The molecule has 0 aliphatic heterocycles. The molecule has 0 aromatic heterocycles. The zero-order valence-corrected chi connectivity index (χ0v) is 34.5. The Hall–Kier alpha value is -2.44. The molecule has 6 rings (SSSR count). The summed E-state index contributed by atoms with van der Waals surface area (Å²) in [5.74, 6) is 1.20. The van der Waals surface area contributed by atoms with E-state index in [9.17, 15) is 0 Å². The SMILES string of the molecule is CC(C)(C)c1ccc2c(c1)[cH-]c1cc(C(C)(C)C)ccc12.CC(C)c1ccc([C](=[Zr+2])c2ccc(C(C)C)cc2)cc1.[C-]1=CC=CC1.[Cl-].[Cl-]. The first-order chi connectivity index (χ1) is 21.6. The first-order valence-electron chi connectivity index (χ1n) is 16.8. The fraction of sp³-hybridized carbons (Fsp3) is 0.333. The molecule has 3 heteroatoms. The van der Waals surface area contributed by atoms with E-state index in [4.69, 9.17) is 0 Å². The van der Waals surface area contributed by atoms with E-state index in [2.05, 4.69) is 172 Å². The largest absolute Gasteiger partial charge is 1.00 e. The Morgan fingerprint density at radius 2 is 1.02 bits per heavy atom. The molecule has 0 fully saturated rings. The maximum atomic E-state index is 2.99. The molecule has 0 bridgehead atoms. The van der Waals surface area contributed by atoms with Crippen LogP contribution in [-0.4, -0.2) is 3.21 Å². The van der Waals surface area contributed by atoms with Crippen LogP contribution in [-0.2, 0) is 35.1 Å². The molecule has 0 saturated carbocycles. The number of rotatable bonds is 4. The van der Waals surface area contributed by atoms with Gasteiger partial charge in [0.15, 0.2) is 0 Å². The van der Waals surface area contributed by atoms with Gasteiger partial charge in [-0.3, -0.25) is 6.08 Å². The van der Waals surface area contributed by atoms with E-state index in [1.54, 1.807) is 0 Å². The minimum atomic E-state index is 0. The summed E-state index contributed by atoms with van der Waals surface area (Å²) in [6.45, 7) is 22.6. The topological polar surface area (TPSA) is 0 Å². The van der Waals surface area contributed by atoms with E-state index < -0.39 is 0 Å². The van der Waals surface area contributed by atoms with E-state index >= 15 is 0 Å². The fourth-order valence-electron chi connectivity index (χ4n) is 5.53. The molecule has 0 nitrogen and oxygen atoms in total. The van der Waals surface area contributed by atoms with Crippen molar-refractivity contribution in [1.29, 1.82) is 0 Å². The second-order valence-electron chi connectivity index (χ2n) is 15.2. The van der Waals surface area contributed by atoms with Gasteiger partial charge in [-0.05, 0) is 10.8 Å². The molecule has 1 aliphatic carbocycles. The van der Waals surface area contributed by atoms with Crippen LogP contribution in [0.25, 0.3) is 21.5 Å². The van der Waals surface area contributed by atoms with Crippen LogP contribution in [0.1, 0.15) is 121 Å². The van der Waals surface area contributed by atoms with E-state index in [0.29, 0.717) is 11.8 Å². The van der Waals surface area contributed by atoms with Crippen molar-refractivity contribution in [3.05, 3.63) is 149 Å². The fourth-order valence-corrected chi connectivity index (χ4v) is 6.35. The van der Waals surface area contributed by atoms with Crippen LogP contribution in [0.5, 0.6) is 0 Å². The molecule has 1 aliphatic rings. The number of benzene rings is 4. The molecule has 0 radical (unpaired) electrons. The monoisotopic (exact) mass is 752 g/mol. The third-order valence-electron chi connectivity index (χ3n) is 8.75. The van der Waals surface area contributed by atoms with Crippen molar-refractivity contribution in [1.82, 2.24) is 0 Å². The molecular formula is C45H52Cl2Zr-2. The number of allylic oxidation sites excluding steroid dienone is 4. The van der Waals surface area contributed by atoms with E-state index in [-0.39, 0.29) is 35.6 Å². The van der Waals surface area contributed by atoms with Crippen LogP contribution in [0.4, 0.5) is 0 Å². The third kappa shape index (κ3) is 11.0. The quantitative estimate of drug-likeness (QED) is 0.180. The number of hydrogen-bond acceptors (Lipinski definition) is 0. The number of halogens is 2. The second-order valence-corrected chi connectivity index (χ2v) is 16.4. The molecule has 0 unspecified atom stereocenters. The Morgan fingerprint density at radius 3 is 1.29 bits per heavy atom. The summed E-state index contributed by atoms with van der Waals surface area (Å²) in [6, 6.07) is 34.2. The van der Waals surface area contributed by atoms with Crippen LogP contribution < -0.4 is 24.8 Å². The smallest absolute Gasteiger partial charge is 0.109 e. The molecule has 252 valence electrons. The van der Waals surface area contributed by atoms with E-state index in [0.717, 1.165) is 6.42 Å². The van der Waals surface area contributed by atoms with Crippen molar-refractivity contribution in [2.45, 2.75) is 98.3 Å². The number of fused-ring (bicyclic) bond motifs is 3. The Morgan fingerprint density at radius 1 is 0.625 bits per heavy atom. The molecule has 0 spiro atoms. The molecule has 0 atom stereocenters. The summed E-state index contributed by atoms with van der Waals surface area (Å²) in [7, 11) is 0. The number of hydrogen-bond donors (Lipinski definition) is 0. The zero-order valence-electron chi connectivity index (χ0n) is 30.5. The van der Waals surface area contributed by atoms with Gasteiger partial charge >= 0.3 is 138 Å². The molecule has 5 aromatic carbocycles. The van der Waals surface area contributed by atoms with Crippen LogP contribution in [0.2, 0.25) is 0 Å². The van der Waals surface area contributed by atoms with Gasteiger partial charge in [-0.2, -0.15) is 6.08 Å². The van der Waals surface area contributed by atoms with Crippen molar-refractivity contribution in [2.24, 2.45) is 0 Å². The van der Waals surface area contributed by atoms with Crippen molar-refractivity contribution in [2.75, 3.05) is 0 Å². The van der Waals surface area contributed by atoms with Crippen LogP contribution in [0.15, 0.2) is 109 Å². The van der Waals surface area contributed by atoms with Crippen LogP contribution in [0, 0.1) is 6.08 Å². The average Bonchev–Trinajstić information content (AvgIpc) is 3.72. The van der Waals surface area contributed by atoms with Gasteiger partial charge in [-0.25, -0.2) is 12.2 Å². The van der Waals surface area contributed by atoms with E-state index in [1.165, 1.54) is 82.4 Å². The van der Waals surface area contributed by atoms with Gasteiger partial charge in [-0.15, -0.1) is 46.2 Å². The summed E-state index contributed by atoms with van der Waals surface area (Å²) in [5, 5.41) is 5.48. The third-order valence-corrected chi connectivity index (χ3v) is 10.2. The Labute approximate surface area is 318 Å². The Balaban J connectivity index is 0.000000281. The van der Waals surface area contributed by atoms with E-state index in [1.807, 2.05) is 12.2 Å². The maximum Gasteiger partial charge on any atom is -0.109 e. The molecule has 0 amide bonds. The predicted octanol–water partition coefficient (Wildman–Crippen LogP) is 6.67. The van der Waals surface area contributed by atoms with Crippen molar-refractivity contribution >= 4 is 24.8 Å². The standard InChI is InChI=1S/C21H25.C19H22.C5H5.2ClH.Zr/c1-20(2,3)16-7-9-18-14(12-16)11-15-13-17(21(4,5)6)8-10-19(15)18;1-14(2)18-9-5-16(6-10-18)13-17-7-11-19(12-8-17)15(3)4;1-2-4-5-3-1;;;/h7-13H,1-6H3;5-12,14-15H,1-4H3;1-3H,4H2;2*1H;/q-1;;-1;;;+2/p-2. The minimum absolute atomic E-state index is 0. The van der Waals surface area contributed by atoms with Crippen molar-refractivity contribution in [3.8, 4) is 0 Å². The summed E-state index contributed by atoms with van der Waals surface area (Å²) in [5.41, 5.74) is 8.74. The molecule has 0 N–H and O–H groups in total. The van der Waals surface area contributed by atoms with Gasteiger partial charge in [0.1, 0.15) is 0 Å². The Bertz CT molecular complexity index is 1690. The maximum absolute atomic E-state index is 2.99. The first kappa shape index (κ1) is 41.7. The summed E-state index contributed by atoms with van der Waals surface area (Å²) in [4.78, 5) is 0. The summed E-state index contributed by atoms with van der Waals surface area (Å²) < 4.78 is 1.43. The molecule has 48 heavy (non-hydrogen) atoms. The van der Waals surface area contributed by atoms with Crippen molar-refractivity contribution in [3.63, 3.8) is 0 Å². The minimum Gasteiger partial charge on any atom is -1.00 e. The molecule has 0 saturated heterocycles. The van der Waals surface area contributed by atoms with Crippen molar-refractivity contribution < 1.29 is 49.0 Å². The van der Waals surface area contributed by atoms with Gasteiger partial charge in [0, 0.05) is 0 Å². The summed E-state index contributed by atoms with van der Waals surface area (Å²) >= 11 is 1.47. The molecule has 0 heterocycles. The molecular weight excluding hydrogens is 703 g/mol.